The number of benzene rings is 2. The molecule has 2 aromatic carbocycles. The standard InChI is InChI=1S/C20H19F2NO3/c21-15-7-5-12(6-8-15)17-11-16(22)9-10-18(17)23-19(24)13-1-3-14(4-2-13)20(25)26/h5-11,13-14H,1-4H2,(H,23,24)(H,25,26). The van der Waals surface area contributed by atoms with E-state index in [2.05, 4.69) is 5.32 Å². The third kappa shape index (κ3) is 4.07. The van der Waals surface area contributed by atoms with E-state index in [1.165, 1.54) is 42.5 Å². The summed E-state index contributed by atoms with van der Waals surface area (Å²) in [6, 6.07) is 9.64. The first-order valence-corrected chi connectivity index (χ1v) is 8.53. The minimum Gasteiger partial charge on any atom is -0.481 e. The van der Waals surface area contributed by atoms with Crippen molar-refractivity contribution in [3.8, 4) is 11.1 Å². The third-order valence-electron chi connectivity index (χ3n) is 4.84. The first-order chi connectivity index (χ1) is 12.4. The summed E-state index contributed by atoms with van der Waals surface area (Å²) in [4.78, 5) is 23.6. The van der Waals surface area contributed by atoms with E-state index in [4.69, 9.17) is 5.11 Å². The van der Waals surface area contributed by atoms with Crippen LogP contribution in [0.4, 0.5) is 14.5 Å². The van der Waals surface area contributed by atoms with Gasteiger partial charge in [-0.25, -0.2) is 8.78 Å². The van der Waals surface area contributed by atoms with Gasteiger partial charge >= 0.3 is 5.97 Å². The minimum atomic E-state index is -0.819. The number of amides is 1. The van der Waals surface area contributed by atoms with Gasteiger partial charge in [-0.3, -0.25) is 9.59 Å². The van der Waals surface area contributed by atoms with Crippen LogP contribution in [0, 0.1) is 23.5 Å². The molecule has 0 aliphatic heterocycles. The van der Waals surface area contributed by atoms with E-state index >= 15 is 0 Å². The largest absolute Gasteiger partial charge is 0.481 e. The molecule has 3 rings (SSSR count). The SMILES string of the molecule is O=C(O)C1CCC(C(=O)Nc2ccc(F)cc2-c2ccc(F)cc2)CC1. The first-order valence-electron chi connectivity index (χ1n) is 8.53. The number of nitrogens with one attached hydrogen (secondary N) is 1. The van der Waals surface area contributed by atoms with Crippen molar-refractivity contribution in [2.45, 2.75) is 25.7 Å². The van der Waals surface area contributed by atoms with Gasteiger partial charge in [0.15, 0.2) is 0 Å². The van der Waals surface area contributed by atoms with Gasteiger partial charge in [0.25, 0.3) is 0 Å². The fourth-order valence-corrected chi connectivity index (χ4v) is 3.33. The molecule has 6 heteroatoms. The van der Waals surface area contributed by atoms with Crippen LogP contribution in [0.15, 0.2) is 42.5 Å². The number of hydrogen-bond acceptors (Lipinski definition) is 2. The quantitative estimate of drug-likeness (QED) is 0.847. The van der Waals surface area contributed by atoms with Gasteiger partial charge in [0.05, 0.1) is 5.92 Å². The molecule has 1 aliphatic rings. The van der Waals surface area contributed by atoms with E-state index in [-0.39, 0.29) is 17.7 Å². The zero-order valence-electron chi connectivity index (χ0n) is 14.0. The maximum Gasteiger partial charge on any atom is 0.306 e. The van der Waals surface area contributed by atoms with E-state index in [1.54, 1.807) is 0 Å². The van der Waals surface area contributed by atoms with Crippen molar-refractivity contribution in [3.05, 3.63) is 54.1 Å². The lowest BCUT2D eigenvalue weighted by molar-refractivity contribution is -0.143. The molecule has 0 spiro atoms. The molecular weight excluding hydrogens is 340 g/mol. The zero-order chi connectivity index (χ0) is 18.7. The third-order valence-corrected chi connectivity index (χ3v) is 4.84. The second-order valence-corrected chi connectivity index (χ2v) is 6.57. The molecule has 1 fully saturated rings. The molecule has 136 valence electrons. The summed E-state index contributed by atoms with van der Waals surface area (Å²) in [7, 11) is 0. The number of hydrogen-bond donors (Lipinski definition) is 2. The summed E-state index contributed by atoms with van der Waals surface area (Å²) in [5.74, 6) is -2.53. The Morgan fingerprint density at radius 2 is 1.46 bits per heavy atom. The van der Waals surface area contributed by atoms with Crippen LogP contribution in [0.3, 0.4) is 0 Å². The highest BCUT2D eigenvalue weighted by Crippen LogP contribution is 2.32. The number of carbonyl (C=O) groups is 2. The number of carbonyl (C=O) groups excluding carboxylic acids is 1. The van der Waals surface area contributed by atoms with Gasteiger partial charge in [-0.05, 0) is 61.6 Å². The number of rotatable bonds is 4. The molecule has 2 N–H and O–H groups in total. The zero-order valence-corrected chi connectivity index (χ0v) is 14.0. The molecule has 0 bridgehead atoms. The highest BCUT2D eigenvalue weighted by Gasteiger charge is 2.30. The maximum absolute atomic E-state index is 13.7. The minimum absolute atomic E-state index is 0.205. The van der Waals surface area contributed by atoms with Gasteiger partial charge in [0.2, 0.25) is 5.91 Å². The topological polar surface area (TPSA) is 66.4 Å². The Kier molecular flexibility index (Phi) is 5.30. The predicted octanol–water partition coefficient (Wildman–Crippen LogP) is 4.46. The summed E-state index contributed by atoms with van der Waals surface area (Å²) in [6.45, 7) is 0. The number of anilines is 1. The molecule has 0 heterocycles. The second kappa shape index (κ2) is 7.64. The predicted molar refractivity (Wildman–Crippen MR) is 93.5 cm³/mol. The second-order valence-electron chi connectivity index (χ2n) is 6.57. The van der Waals surface area contributed by atoms with E-state index in [1.807, 2.05) is 0 Å². The van der Waals surface area contributed by atoms with Crippen molar-refractivity contribution >= 4 is 17.6 Å². The highest BCUT2D eigenvalue weighted by molar-refractivity contribution is 5.97. The van der Waals surface area contributed by atoms with Crippen LogP contribution >= 0.6 is 0 Å². The molecule has 26 heavy (non-hydrogen) atoms. The first kappa shape index (κ1) is 18.0. The van der Waals surface area contributed by atoms with Crippen LogP contribution in [-0.2, 0) is 9.59 Å². The smallest absolute Gasteiger partial charge is 0.306 e. The Morgan fingerprint density at radius 1 is 0.885 bits per heavy atom. The lowest BCUT2D eigenvalue weighted by Crippen LogP contribution is -2.29. The fraction of sp³-hybridized carbons (Fsp3) is 0.300. The van der Waals surface area contributed by atoms with Crippen LogP contribution in [0.25, 0.3) is 11.1 Å². The molecule has 1 amide bonds. The molecular formula is C20H19F2NO3. The Morgan fingerprint density at radius 3 is 2.08 bits per heavy atom. The van der Waals surface area contributed by atoms with E-state index < -0.39 is 17.6 Å². The Balaban J connectivity index is 1.76. The summed E-state index contributed by atoms with van der Waals surface area (Å²) in [5.41, 5.74) is 1.51. The molecule has 0 atom stereocenters. The number of halogens is 2. The van der Waals surface area contributed by atoms with Gasteiger partial charge in [-0.2, -0.15) is 0 Å². The molecule has 0 radical (unpaired) electrons. The molecule has 1 aliphatic carbocycles. The van der Waals surface area contributed by atoms with Crippen LogP contribution in [0.2, 0.25) is 0 Å². The Hall–Kier alpha value is -2.76. The average Bonchev–Trinajstić information content (AvgIpc) is 2.64. The van der Waals surface area contributed by atoms with E-state index in [0.29, 0.717) is 42.5 Å². The van der Waals surface area contributed by atoms with E-state index in [0.717, 1.165) is 0 Å². The lowest BCUT2D eigenvalue weighted by Gasteiger charge is -2.25. The van der Waals surface area contributed by atoms with Crippen molar-refractivity contribution < 1.29 is 23.5 Å². The number of carboxylic acids is 1. The Bertz CT molecular complexity index is 812. The maximum atomic E-state index is 13.7. The van der Waals surface area contributed by atoms with Crippen molar-refractivity contribution in [2.75, 3.05) is 5.32 Å². The fourth-order valence-electron chi connectivity index (χ4n) is 3.33. The molecule has 0 unspecified atom stereocenters. The van der Waals surface area contributed by atoms with Crippen molar-refractivity contribution in [1.82, 2.24) is 0 Å². The van der Waals surface area contributed by atoms with Crippen molar-refractivity contribution in [3.63, 3.8) is 0 Å². The van der Waals surface area contributed by atoms with Gasteiger partial charge in [-0.15, -0.1) is 0 Å². The summed E-state index contributed by atoms with van der Waals surface area (Å²) in [5, 5.41) is 11.9. The highest BCUT2D eigenvalue weighted by atomic mass is 19.1. The molecule has 0 aromatic heterocycles. The molecule has 0 saturated heterocycles. The molecule has 4 nitrogen and oxygen atoms in total. The van der Waals surface area contributed by atoms with Crippen LogP contribution in [-0.4, -0.2) is 17.0 Å². The van der Waals surface area contributed by atoms with Gasteiger partial charge < -0.3 is 10.4 Å². The molecule has 1 saturated carbocycles. The number of aliphatic carboxylic acids is 1. The van der Waals surface area contributed by atoms with Crippen molar-refractivity contribution in [1.29, 1.82) is 0 Å². The van der Waals surface area contributed by atoms with Gasteiger partial charge in [0, 0.05) is 17.2 Å². The van der Waals surface area contributed by atoms with Crippen LogP contribution < -0.4 is 5.32 Å². The van der Waals surface area contributed by atoms with Gasteiger partial charge in [-0.1, -0.05) is 12.1 Å². The monoisotopic (exact) mass is 359 g/mol. The number of carboxylic acid groups (broad SMARTS) is 1. The van der Waals surface area contributed by atoms with Crippen LogP contribution in [0.1, 0.15) is 25.7 Å². The summed E-state index contributed by atoms with van der Waals surface area (Å²) < 4.78 is 26.8. The van der Waals surface area contributed by atoms with E-state index in [9.17, 15) is 18.4 Å². The molecule has 2 aromatic rings. The normalized spacial score (nSPS) is 19.8. The van der Waals surface area contributed by atoms with Crippen LogP contribution in [0.5, 0.6) is 0 Å². The Labute approximate surface area is 149 Å². The van der Waals surface area contributed by atoms with Crippen molar-refractivity contribution in [2.24, 2.45) is 11.8 Å². The average molecular weight is 359 g/mol. The lowest BCUT2D eigenvalue weighted by atomic mass is 9.81. The summed E-state index contributed by atoms with van der Waals surface area (Å²) >= 11 is 0. The summed E-state index contributed by atoms with van der Waals surface area (Å²) in [6.07, 6.45) is 1.97. The van der Waals surface area contributed by atoms with Gasteiger partial charge in [0.1, 0.15) is 11.6 Å².